The molecule has 40 heavy (non-hydrogen) atoms. The molecule has 4 aromatic rings. The fraction of sp³-hybridized carbons (Fsp3) is 0.375. The minimum absolute atomic E-state index is 0.0116. The van der Waals surface area contributed by atoms with E-state index in [9.17, 15) is 9.18 Å². The van der Waals surface area contributed by atoms with Crippen LogP contribution in [0.1, 0.15) is 39.2 Å². The number of aromatic nitrogens is 2. The highest BCUT2D eigenvalue weighted by molar-refractivity contribution is 6.02. The average Bonchev–Trinajstić information content (AvgIpc) is 3.74. The summed E-state index contributed by atoms with van der Waals surface area (Å²) in [6.07, 6.45) is 3.28. The number of piperazine rings is 1. The molecule has 3 heterocycles. The van der Waals surface area contributed by atoms with E-state index < -0.39 is 0 Å². The summed E-state index contributed by atoms with van der Waals surface area (Å²) in [5.41, 5.74) is 6.91. The van der Waals surface area contributed by atoms with Gasteiger partial charge in [0.25, 0.3) is 0 Å². The molecule has 2 N–H and O–H groups in total. The van der Waals surface area contributed by atoms with Gasteiger partial charge in [0.1, 0.15) is 17.7 Å². The lowest BCUT2D eigenvalue weighted by atomic mass is 9.98. The van der Waals surface area contributed by atoms with Crippen molar-refractivity contribution >= 4 is 39.7 Å². The van der Waals surface area contributed by atoms with Crippen LogP contribution >= 0.6 is 0 Å². The highest BCUT2D eigenvalue weighted by atomic mass is 19.1. The minimum atomic E-state index is -0.345. The molecule has 7 rings (SSSR count). The molecule has 2 atom stereocenters. The third kappa shape index (κ3) is 4.45. The van der Waals surface area contributed by atoms with Crippen LogP contribution in [-0.4, -0.2) is 47.7 Å². The predicted octanol–water partition coefficient (Wildman–Crippen LogP) is 6.28. The number of amides is 1. The zero-order valence-corrected chi connectivity index (χ0v) is 23.0. The van der Waals surface area contributed by atoms with Crippen molar-refractivity contribution in [1.82, 2.24) is 9.55 Å². The Kier molecular flexibility index (Phi) is 6.13. The molecular weight excluding hydrogens is 503 g/mol. The van der Waals surface area contributed by atoms with Crippen LogP contribution in [0.2, 0.25) is 0 Å². The van der Waals surface area contributed by atoms with E-state index in [1.807, 2.05) is 18.2 Å². The summed E-state index contributed by atoms with van der Waals surface area (Å²) < 4.78 is 15.5. The van der Waals surface area contributed by atoms with Gasteiger partial charge >= 0.3 is 0 Å². The number of nitrogens with zero attached hydrogens (tertiary/aromatic N) is 4. The van der Waals surface area contributed by atoms with E-state index in [-0.39, 0.29) is 23.7 Å². The van der Waals surface area contributed by atoms with Gasteiger partial charge in [-0.3, -0.25) is 4.79 Å². The molecule has 1 amide bonds. The number of rotatable bonds is 6. The van der Waals surface area contributed by atoms with E-state index in [4.69, 9.17) is 4.98 Å². The highest BCUT2D eigenvalue weighted by Gasteiger charge is 2.34. The number of hydrogen-bond acceptors (Lipinski definition) is 5. The molecule has 206 valence electrons. The maximum Gasteiger partial charge on any atom is 0.247 e. The highest BCUT2D eigenvalue weighted by Crippen LogP contribution is 2.41. The SMILES string of the molecule is CCC(C)C1C(=O)Nc2ccc(NC3CC3)cc2-c2nc3cc(N4CCN(c5ccc(F)cc5)CC4)ccc3n21. The first kappa shape index (κ1) is 24.9. The van der Waals surface area contributed by atoms with Crippen molar-refractivity contribution in [2.45, 2.75) is 45.2 Å². The third-order valence-electron chi connectivity index (χ3n) is 8.71. The van der Waals surface area contributed by atoms with Crippen LogP contribution in [0.15, 0.2) is 60.7 Å². The maximum absolute atomic E-state index is 13.6. The Morgan fingerprint density at radius 1 is 0.975 bits per heavy atom. The lowest BCUT2D eigenvalue weighted by Gasteiger charge is -2.37. The van der Waals surface area contributed by atoms with Gasteiger partial charge in [0, 0.05) is 54.8 Å². The van der Waals surface area contributed by atoms with Crippen LogP contribution in [-0.2, 0) is 4.79 Å². The average molecular weight is 539 g/mol. The van der Waals surface area contributed by atoms with Gasteiger partial charge in [-0.2, -0.15) is 0 Å². The summed E-state index contributed by atoms with van der Waals surface area (Å²) >= 11 is 0. The Morgan fingerprint density at radius 2 is 1.68 bits per heavy atom. The van der Waals surface area contributed by atoms with E-state index >= 15 is 0 Å². The Morgan fingerprint density at radius 3 is 2.38 bits per heavy atom. The molecule has 8 heteroatoms. The summed E-state index contributed by atoms with van der Waals surface area (Å²) in [5, 5.41) is 6.80. The summed E-state index contributed by atoms with van der Waals surface area (Å²) in [5.74, 6) is 0.790. The zero-order valence-electron chi connectivity index (χ0n) is 23.0. The molecule has 1 aromatic heterocycles. The van der Waals surface area contributed by atoms with Gasteiger partial charge in [-0.15, -0.1) is 0 Å². The molecule has 0 spiro atoms. The van der Waals surface area contributed by atoms with Crippen molar-refractivity contribution in [2.75, 3.05) is 46.6 Å². The maximum atomic E-state index is 13.6. The van der Waals surface area contributed by atoms with Gasteiger partial charge in [-0.05, 0) is 79.4 Å². The van der Waals surface area contributed by atoms with E-state index in [0.29, 0.717) is 6.04 Å². The van der Waals surface area contributed by atoms with Crippen LogP contribution in [0.5, 0.6) is 0 Å². The van der Waals surface area contributed by atoms with Gasteiger partial charge in [0.2, 0.25) is 5.91 Å². The Bertz CT molecular complexity index is 1570. The van der Waals surface area contributed by atoms with Gasteiger partial charge in [-0.25, -0.2) is 9.37 Å². The van der Waals surface area contributed by atoms with Crippen molar-refractivity contribution in [3.63, 3.8) is 0 Å². The molecule has 1 saturated carbocycles. The van der Waals surface area contributed by atoms with Crippen LogP contribution in [0.4, 0.5) is 27.1 Å². The van der Waals surface area contributed by atoms with Crippen molar-refractivity contribution < 1.29 is 9.18 Å². The number of benzene rings is 3. The fourth-order valence-electron chi connectivity index (χ4n) is 6.08. The lowest BCUT2D eigenvalue weighted by Crippen LogP contribution is -2.46. The van der Waals surface area contributed by atoms with Crippen molar-refractivity contribution in [3.8, 4) is 11.4 Å². The second-order valence-corrected chi connectivity index (χ2v) is 11.4. The molecule has 0 radical (unpaired) electrons. The van der Waals surface area contributed by atoms with Crippen LogP contribution in [0, 0.1) is 11.7 Å². The lowest BCUT2D eigenvalue weighted by molar-refractivity contribution is -0.120. The second-order valence-electron chi connectivity index (χ2n) is 11.4. The molecule has 2 aliphatic heterocycles. The van der Waals surface area contributed by atoms with Crippen molar-refractivity contribution in [3.05, 3.63) is 66.5 Å². The Hall–Kier alpha value is -4.07. The molecule has 3 aliphatic rings. The number of fused-ring (bicyclic) bond motifs is 5. The van der Waals surface area contributed by atoms with E-state index in [1.54, 1.807) is 0 Å². The number of carbonyl (C=O) groups excluding carboxylic acids is 1. The Balaban J connectivity index is 1.24. The monoisotopic (exact) mass is 538 g/mol. The van der Waals surface area contributed by atoms with E-state index in [0.717, 1.165) is 77.8 Å². The van der Waals surface area contributed by atoms with Gasteiger partial charge in [-0.1, -0.05) is 20.3 Å². The number of nitrogens with one attached hydrogen (secondary N) is 2. The van der Waals surface area contributed by atoms with Gasteiger partial charge < -0.3 is 25.0 Å². The second kappa shape index (κ2) is 9.84. The largest absolute Gasteiger partial charge is 0.382 e. The molecule has 3 aromatic carbocycles. The molecule has 7 nitrogen and oxygen atoms in total. The van der Waals surface area contributed by atoms with Gasteiger partial charge in [0.05, 0.1) is 16.7 Å². The topological polar surface area (TPSA) is 65.4 Å². The zero-order chi connectivity index (χ0) is 27.4. The number of anilines is 4. The normalized spacial score (nSPS) is 19.6. The summed E-state index contributed by atoms with van der Waals surface area (Å²) in [6.45, 7) is 7.75. The standard InChI is InChI=1S/C32H35FN6O/c1-3-20(2)30-32(40)36-27-12-8-23(34-22-6-7-22)18-26(27)31-35-28-19-25(11-13-29(28)39(30)31)38-16-14-37(15-17-38)24-9-4-21(33)5-10-24/h4-5,8-13,18-20,22,30,34H,3,6-7,14-17H2,1-2H3,(H,36,40). The van der Waals surface area contributed by atoms with E-state index in [1.165, 1.54) is 25.0 Å². The first-order chi connectivity index (χ1) is 19.5. The smallest absolute Gasteiger partial charge is 0.247 e. The first-order valence-corrected chi connectivity index (χ1v) is 14.5. The first-order valence-electron chi connectivity index (χ1n) is 14.5. The van der Waals surface area contributed by atoms with Crippen molar-refractivity contribution in [2.24, 2.45) is 5.92 Å². The van der Waals surface area contributed by atoms with Crippen LogP contribution in [0.25, 0.3) is 22.4 Å². The minimum Gasteiger partial charge on any atom is -0.382 e. The number of halogens is 1. The van der Waals surface area contributed by atoms with Crippen molar-refractivity contribution in [1.29, 1.82) is 0 Å². The molecule has 1 saturated heterocycles. The molecule has 0 bridgehead atoms. The number of hydrogen-bond donors (Lipinski definition) is 2. The summed E-state index contributed by atoms with van der Waals surface area (Å²) in [7, 11) is 0. The fourth-order valence-corrected chi connectivity index (χ4v) is 6.08. The molecular formula is C32H35FN6O. The summed E-state index contributed by atoms with van der Waals surface area (Å²) in [4.78, 5) is 23.5. The van der Waals surface area contributed by atoms with E-state index in [2.05, 4.69) is 69.2 Å². The molecule has 1 aliphatic carbocycles. The summed E-state index contributed by atoms with van der Waals surface area (Å²) in [6, 6.07) is 19.6. The predicted molar refractivity (Wildman–Crippen MR) is 160 cm³/mol. The van der Waals surface area contributed by atoms with Crippen LogP contribution in [0.3, 0.4) is 0 Å². The number of imidazole rings is 1. The van der Waals surface area contributed by atoms with Gasteiger partial charge in [0.15, 0.2) is 0 Å². The molecule has 2 unspecified atom stereocenters. The Labute approximate surface area is 234 Å². The molecule has 2 fully saturated rings. The van der Waals surface area contributed by atoms with Crippen LogP contribution < -0.4 is 20.4 Å². The third-order valence-corrected chi connectivity index (χ3v) is 8.71. The quantitative estimate of drug-likeness (QED) is 0.302. The number of carbonyl (C=O) groups is 1.